The Morgan fingerprint density at radius 3 is 2.25 bits per heavy atom. The molecule has 0 saturated heterocycles. The Hall–Kier alpha value is -2.03. The fourth-order valence-corrected chi connectivity index (χ4v) is 2.53. The van der Waals surface area contributed by atoms with Crippen LogP contribution in [0.2, 0.25) is 0 Å². The fourth-order valence-electron chi connectivity index (χ4n) is 2.53. The largest absolute Gasteiger partial charge is 0.289 e. The molecule has 0 amide bonds. The molecule has 3 rings (SSSR count). The summed E-state index contributed by atoms with van der Waals surface area (Å²) in [7, 11) is 0. The third kappa shape index (κ3) is 2.48. The van der Waals surface area contributed by atoms with Gasteiger partial charge in [-0.05, 0) is 42.5 Å². The SMILES string of the molecule is O=C(c1cc(F)cc(F)c1)c1cccc(C2CCC2)c1. The van der Waals surface area contributed by atoms with Crippen LogP contribution in [0.5, 0.6) is 0 Å². The van der Waals surface area contributed by atoms with E-state index >= 15 is 0 Å². The average Bonchev–Trinajstić information content (AvgIpc) is 2.35. The smallest absolute Gasteiger partial charge is 0.193 e. The van der Waals surface area contributed by atoms with Crippen molar-refractivity contribution < 1.29 is 13.6 Å². The maximum Gasteiger partial charge on any atom is 0.193 e. The monoisotopic (exact) mass is 272 g/mol. The van der Waals surface area contributed by atoms with Crippen molar-refractivity contribution >= 4 is 5.78 Å². The lowest BCUT2D eigenvalue weighted by Crippen LogP contribution is -2.10. The Bertz CT molecular complexity index is 640. The first-order valence-corrected chi connectivity index (χ1v) is 6.74. The molecule has 20 heavy (non-hydrogen) atoms. The standard InChI is InChI=1S/C17H14F2O/c18-15-8-14(9-16(19)10-15)17(20)13-6-2-5-12(7-13)11-3-1-4-11/h2,5-11H,1,3-4H2. The van der Waals surface area contributed by atoms with Gasteiger partial charge in [-0.2, -0.15) is 0 Å². The van der Waals surface area contributed by atoms with Crippen LogP contribution in [-0.4, -0.2) is 5.78 Å². The average molecular weight is 272 g/mol. The molecule has 1 fully saturated rings. The van der Waals surface area contributed by atoms with Gasteiger partial charge in [0.2, 0.25) is 0 Å². The first kappa shape index (κ1) is 13.0. The zero-order valence-corrected chi connectivity index (χ0v) is 10.9. The van der Waals surface area contributed by atoms with Crippen LogP contribution >= 0.6 is 0 Å². The molecule has 2 aromatic rings. The van der Waals surface area contributed by atoms with Gasteiger partial charge in [-0.25, -0.2) is 8.78 Å². The van der Waals surface area contributed by atoms with Gasteiger partial charge in [0, 0.05) is 17.2 Å². The molecule has 1 aliphatic carbocycles. The molecule has 1 saturated carbocycles. The molecule has 3 heteroatoms. The molecule has 0 radical (unpaired) electrons. The molecule has 0 aromatic heterocycles. The lowest BCUT2D eigenvalue weighted by atomic mass is 9.79. The van der Waals surface area contributed by atoms with Gasteiger partial charge < -0.3 is 0 Å². The Labute approximate surface area is 116 Å². The maximum atomic E-state index is 13.2. The normalized spacial score (nSPS) is 14.9. The highest BCUT2D eigenvalue weighted by molar-refractivity contribution is 6.09. The zero-order chi connectivity index (χ0) is 14.1. The van der Waals surface area contributed by atoms with E-state index < -0.39 is 11.6 Å². The molecule has 0 atom stereocenters. The summed E-state index contributed by atoms with van der Waals surface area (Å²) in [5, 5.41) is 0. The second-order valence-corrected chi connectivity index (χ2v) is 5.24. The number of rotatable bonds is 3. The molecule has 0 unspecified atom stereocenters. The molecule has 0 spiro atoms. The highest BCUT2D eigenvalue weighted by atomic mass is 19.1. The zero-order valence-electron chi connectivity index (χ0n) is 10.9. The number of carbonyl (C=O) groups excluding carboxylic acids is 1. The summed E-state index contributed by atoms with van der Waals surface area (Å²) < 4.78 is 26.4. The van der Waals surface area contributed by atoms with E-state index in [-0.39, 0.29) is 11.3 Å². The van der Waals surface area contributed by atoms with E-state index in [0.717, 1.165) is 36.6 Å². The molecule has 1 nitrogen and oxygen atoms in total. The fraction of sp³-hybridized carbons (Fsp3) is 0.235. The van der Waals surface area contributed by atoms with Gasteiger partial charge in [-0.1, -0.05) is 24.6 Å². The Kier molecular flexibility index (Phi) is 3.35. The molecule has 2 aromatic carbocycles. The second kappa shape index (κ2) is 5.16. The van der Waals surface area contributed by atoms with Crippen molar-refractivity contribution in [2.75, 3.05) is 0 Å². The number of hydrogen-bond acceptors (Lipinski definition) is 1. The van der Waals surface area contributed by atoms with Crippen LogP contribution < -0.4 is 0 Å². The van der Waals surface area contributed by atoms with Crippen LogP contribution in [0, 0.1) is 11.6 Å². The first-order valence-electron chi connectivity index (χ1n) is 6.74. The topological polar surface area (TPSA) is 17.1 Å². The van der Waals surface area contributed by atoms with Crippen LogP contribution in [0.15, 0.2) is 42.5 Å². The number of carbonyl (C=O) groups is 1. The van der Waals surface area contributed by atoms with Gasteiger partial charge >= 0.3 is 0 Å². The summed E-state index contributed by atoms with van der Waals surface area (Å²) in [5.41, 5.74) is 1.67. The first-order chi connectivity index (χ1) is 9.63. The summed E-state index contributed by atoms with van der Waals surface area (Å²) in [5.74, 6) is -1.29. The number of ketones is 1. The van der Waals surface area contributed by atoms with Crippen LogP contribution in [-0.2, 0) is 0 Å². The number of halogens is 2. The van der Waals surface area contributed by atoms with E-state index in [2.05, 4.69) is 0 Å². The van der Waals surface area contributed by atoms with Crippen LogP contribution in [0.25, 0.3) is 0 Å². The molecule has 1 aliphatic rings. The molecule has 0 bridgehead atoms. The van der Waals surface area contributed by atoms with Crippen molar-refractivity contribution in [3.8, 4) is 0 Å². The predicted octanol–water partition coefficient (Wildman–Crippen LogP) is 4.46. The van der Waals surface area contributed by atoms with Crippen molar-refractivity contribution in [1.29, 1.82) is 0 Å². The summed E-state index contributed by atoms with van der Waals surface area (Å²) >= 11 is 0. The van der Waals surface area contributed by atoms with Crippen LogP contribution in [0.3, 0.4) is 0 Å². The van der Waals surface area contributed by atoms with Crippen LogP contribution in [0.4, 0.5) is 8.78 Å². The minimum Gasteiger partial charge on any atom is -0.289 e. The molecule has 0 N–H and O–H groups in total. The quantitative estimate of drug-likeness (QED) is 0.754. The summed E-state index contributed by atoms with van der Waals surface area (Å²) in [6, 6.07) is 10.3. The van der Waals surface area contributed by atoms with Gasteiger partial charge in [0.25, 0.3) is 0 Å². The van der Waals surface area contributed by atoms with Gasteiger partial charge in [-0.15, -0.1) is 0 Å². The van der Waals surface area contributed by atoms with E-state index in [0.29, 0.717) is 11.5 Å². The van der Waals surface area contributed by atoms with E-state index in [1.165, 1.54) is 6.42 Å². The van der Waals surface area contributed by atoms with E-state index in [1.54, 1.807) is 6.07 Å². The molecule has 0 heterocycles. The van der Waals surface area contributed by atoms with Crippen molar-refractivity contribution in [3.05, 3.63) is 70.8 Å². The van der Waals surface area contributed by atoms with E-state index in [9.17, 15) is 13.6 Å². The van der Waals surface area contributed by atoms with E-state index in [4.69, 9.17) is 0 Å². The van der Waals surface area contributed by atoms with Crippen molar-refractivity contribution in [2.24, 2.45) is 0 Å². The van der Waals surface area contributed by atoms with Crippen molar-refractivity contribution in [3.63, 3.8) is 0 Å². The predicted molar refractivity (Wildman–Crippen MR) is 72.8 cm³/mol. The van der Waals surface area contributed by atoms with Crippen molar-refractivity contribution in [2.45, 2.75) is 25.2 Å². The second-order valence-electron chi connectivity index (χ2n) is 5.24. The van der Waals surface area contributed by atoms with E-state index in [1.807, 2.05) is 18.2 Å². The minimum absolute atomic E-state index is 0.0493. The maximum absolute atomic E-state index is 13.2. The summed E-state index contributed by atoms with van der Waals surface area (Å²) in [6.07, 6.45) is 3.51. The Balaban J connectivity index is 1.93. The molecular formula is C17H14F2O. The van der Waals surface area contributed by atoms with Gasteiger partial charge in [0.1, 0.15) is 11.6 Å². The summed E-state index contributed by atoms with van der Waals surface area (Å²) in [6.45, 7) is 0. The summed E-state index contributed by atoms with van der Waals surface area (Å²) in [4.78, 5) is 12.3. The lowest BCUT2D eigenvalue weighted by molar-refractivity contribution is 0.103. The molecule has 102 valence electrons. The third-order valence-electron chi connectivity index (χ3n) is 3.85. The Morgan fingerprint density at radius 2 is 1.65 bits per heavy atom. The highest BCUT2D eigenvalue weighted by Crippen LogP contribution is 2.36. The van der Waals surface area contributed by atoms with Gasteiger partial charge in [-0.3, -0.25) is 4.79 Å². The number of benzene rings is 2. The molecule has 0 aliphatic heterocycles. The van der Waals surface area contributed by atoms with Crippen molar-refractivity contribution in [1.82, 2.24) is 0 Å². The Morgan fingerprint density at radius 1 is 0.950 bits per heavy atom. The molecular weight excluding hydrogens is 258 g/mol. The highest BCUT2D eigenvalue weighted by Gasteiger charge is 2.20. The van der Waals surface area contributed by atoms with Gasteiger partial charge in [0.15, 0.2) is 5.78 Å². The lowest BCUT2D eigenvalue weighted by Gasteiger charge is -2.26. The minimum atomic E-state index is -0.733. The van der Waals surface area contributed by atoms with Crippen LogP contribution in [0.1, 0.15) is 46.7 Å². The number of hydrogen-bond donors (Lipinski definition) is 0. The van der Waals surface area contributed by atoms with Gasteiger partial charge in [0.05, 0.1) is 0 Å². The third-order valence-corrected chi connectivity index (χ3v) is 3.85.